The molecule has 1 spiro atoms. The maximum atomic E-state index is 12.8. The smallest absolute Gasteiger partial charge is 0.325 e. The molecule has 3 rings (SSSR count). The Kier molecular flexibility index (Phi) is 6.36. The lowest BCUT2D eigenvalue weighted by Gasteiger charge is -2.25. The maximum absolute atomic E-state index is 12.8. The predicted octanol–water partition coefficient (Wildman–Crippen LogP) is 3.01. The molecule has 30 heavy (non-hydrogen) atoms. The number of urea groups is 1. The lowest BCUT2D eigenvalue weighted by molar-refractivity contribution is -0.133. The molecule has 1 saturated carbocycles. The first-order valence-electron chi connectivity index (χ1n) is 10.2. The van der Waals surface area contributed by atoms with E-state index in [1.165, 1.54) is 6.07 Å². The molecule has 9 heteroatoms. The van der Waals surface area contributed by atoms with Crippen LogP contribution in [-0.4, -0.2) is 58.2 Å². The van der Waals surface area contributed by atoms with Crippen molar-refractivity contribution in [3.05, 3.63) is 28.8 Å². The molecule has 1 aliphatic heterocycles. The molecule has 2 aliphatic rings. The van der Waals surface area contributed by atoms with Crippen LogP contribution < -0.4 is 10.6 Å². The van der Waals surface area contributed by atoms with Crippen molar-refractivity contribution in [1.29, 1.82) is 0 Å². The van der Waals surface area contributed by atoms with Crippen molar-refractivity contribution in [2.45, 2.75) is 58.0 Å². The summed E-state index contributed by atoms with van der Waals surface area (Å²) >= 11 is 6.21. The summed E-state index contributed by atoms with van der Waals surface area (Å²) in [4.78, 5) is 52.9. The van der Waals surface area contributed by atoms with Gasteiger partial charge in [-0.1, -0.05) is 24.4 Å². The quantitative estimate of drug-likeness (QED) is 0.672. The van der Waals surface area contributed by atoms with E-state index in [1.807, 2.05) is 20.8 Å². The van der Waals surface area contributed by atoms with E-state index in [0.29, 0.717) is 25.1 Å². The molecule has 1 aliphatic carbocycles. The molecular weight excluding hydrogens is 408 g/mol. The molecule has 1 heterocycles. The Morgan fingerprint density at radius 2 is 1.93 bits per heavy atom. The molecule has 162 valence electrons. The van der Waals surface area contributed by atoms with Crippen LogP contribution in [0.25, 0.3) is 0 Å². The second-order valence-electron chi connectivity index (χ2n) is 8.04. The van der Waals surface area contributed by atoms with Gasteiger partial charge in [0.1, 0.15) is 12.1 Å². The second-order valence-corrected chi connectivity index (χ2v) is 8.45. The van der Waals surface area contributed by atoms with Crippen LogP contribution in [0.3, 0.4) is 0 Å². The average molecular weight is 435 g/mol. The maximum Gasteiger partial charge on any atom is 0.325 e. The Morgan fingerprint density at radius 3 is 2.53 bits per heavy atom. The van der Waals surface area contributed by atoms with Crippen molar-refractivity contribution in [3.63, 3.8) is 0 Å². The SMILES string of the molecule is CCN(C(=O)c1cc(NC(=O)CN2C(=O)NC3(CCCC3)C2=O)ccc1Cl)C(C)C. The summed E-state index contributed by atoms with van der Waals surface area (Å²) in [6, 6.07) is 4.09. The third kappa shape index (κ3) is 4.14. The number of benzene rings is 1. The van der Waals surface area contributed by atoms with Crippen molar-refractivity contribution < 1.29 is 19.2 Å². The Hall–Kier alpha value is -2.61. The Balaban J connectivity index is 1.71. The first-order valence-corrected chi connectivity index (χ1v) is 10.6. The van der Waals surface area contributed by atoms with Gasteiger partial charge >= 0.3 is 6.03 Å². The van der Waals surface area contributed by atoms with Gasteiger partial charge in [0, 0.05) is 18.3 Å². The van der Waals surface area contributed by atoms with Crippen molar-refractivity contribution in [2.75, 3.05) is 18.4 Å². The topological polar surface area (TPSA) is 98.8 Å². The summed E-state index contributed by atoms with van der Waals surface area (Å²) in [5, 5.41) is 5.69. The first-order chi connectivity index (χ1) is 14.2. The van der Waals surface area contributed by atoms with Gasteiger partial charge in [-0.15, -0.1) is 0 Å². The van der Waals surface area contributed by atoms with E-state index in [4.69, 9.17) is 11.6 Å². The van der Waals surface area contributed by atoms with Crippen LogP contribution in [0, 0.1) is 0 Å². The highest BCUT2D eigenvalue weighted by Crippen LogP contribution is 2.35. The van der Waals surface area contributed by atoms with E-state index in [-0.39, 0.29) is 35.0 Å². The fourth-order valence-corrected chi connectivity index (χ4v) is 4.34. The van der Waals surface area contributed by atoms with E-state index in [9.17, 15) is 19.2 Å². The van der Waals surface area contributed by atoms with Crippen LogP contribution in [0.5, 0.6) is 0 Å². The third-order valence-electron chi connectivity index (χ3n) is 5.71. The van der Waals surface area contributed by atoms with Crippen molar-refractivity contribution >= 4 is 41.0 Å². The molecule has 2 N–H and O–H groups in total. The minimum atomic E-state index is -0.850. The minimum absolute atomic E-state index is 0.000543. The molecule has 0 unspecified atom stereocenters. The predicted molar refractivity (Wildman–Crippen MR) is 113 cm³/mol. The van der Waals surface area contributed by atoms with Gasteiger partial charge < -0.3 is 15.5 Å². The van der Waals surface area contributed by atoms with Gasteiger partial charge in [-0.2, -0.15) is 0 Å². The molecule has 0 bridgehead atoms. The number of nitrogens with zero attached hydrogens (tertiary/aromatic N) is 2. The molecule has 2 fully saturated rings. The highest BCUT2D eigenvalue weighted by Gasteiger charge is 2.52. The van der Waals surface area contributed by atoms with Gasteiger partial charge in [0.05, 0.1) is 10.6 Å². The number of hydrogen-bond donors (Lipinski definition) is 2. The number of anilines is 1. The summed E-state index contributed by atoms with van der Waals surface area (Å²) in [5.74, 6) is -1.10. The second kappa shape index (κ2) is 8.63. The van der Waals surface area contributed by atoms with E-state index in [2.05, 4.69) is 10.6 Å². The Bertz CT molecular complexity index is 880. The molecule has 0 radical (unpaired) electrons. The van der Waals surface area contributed by atoms with Crippen LogP contribution in [-0.2, 0) is 9.59 Å². The Morgan fingerprint density at radius 1 is 1.27 bits per heavy atom. The minimum Gasteiger partial charge on any atom is -0.336 e. The van der Waals surface area contributed by atoms with Crippen LogP contribution in [0.4, 0.5) is 10.5 Å². The van der Waals surface area contributed by atoms with Crippen molar-refractivity contribution in [2.24, 2.45) is 0 Å². The van der Waals surface area contributed by atoms with Crippen LogP contribution in [0.2, 0.25) is 5.02 Å². The molecule has 0 atom stereocenters. The zero-order chi connectivity index (χ0) is 22.1. The molecule has 8 nitrogen and oxygen atoms in total. The largest absolute Gasteiger partial charge is 0.336 e. The van der Waals surface area contributed by atoms with Crippen LogP contribution >= 0.6 is 11.6 Å². The number of imide groups is 1. The van der Waals surface area contributed by atoms with Crippen LogP contribution in [0.15, 0.2) is 18.2 Å². The number of carbonyl (C=O) groups is 4. The van der Waals surface area contributed by atoms with Crippen molar-refractivity contribution in [1.82, 2.24) is 15.1 Å². The number of amides is 5. The van der Waals surface area contributed by atoms with E-state index in [1.54, 1.807) is 17.0 Å². The fourth-order valence-electron chi connectivity index (χ4n) is 4.15. The summed E-state index contributed by atoms with van der Waals surface area (Å²) in [5.41, 5.74) is -0.197. The highest BCUT2D eigenvalue weighted by molar-refractivity contribution is 6.34. The summed E-state index contributed by atoms with van der Waals surface area (Å²) in [6.07, 6.45) is 2.95. The van der Waals surface area contributed by atoms with Gasteiger partial charge in [0.15, 0.2) is 0 Å². The van der Waals surface area contributed by atoms with Crippen LogP contribution in [0.1, 0.15) is 56.8 Å². The highest BCUT2D eigenvalue weighted by atomic mass is 35.5. The number of rotatable bonds is 6. The van der Waals surface area contributed by atoms with Gasteiger partial charge in [-0.25, -0.2) is 4.79 Å². The van der Waals surface area contributed by atoms with Gasteiger partial charge in [0.25, 0.3) is 11.8 Å². The third-order valence-corrected chi connectivity index (χ3v) is 6.04. The molecular formula is C21H27ClN4O4. The zero-order valence-corrected chi connectivity index (χ0v) is 18.2. The monoisotopic (exact) mass is 434 g/mol. The number of hydrogen-bond acceptors (Lipinski definition) is 4. The first kappa shape index (κ1) is 22.1. The molecule has 5 amide bonds. The summed E-state index contributed by atoms with van der Waals surface area (Å²) < 4.78 is 0. The molecule has 1 aromatic carbocycles. The number of nitrogens with one attached hydrogen (secondary N) is 2. The van der Waals surface area contributed by atoms with Crippen molar-refractivity contribution in [3.8, 4) is 0 Å². The van der Waals surface area contributed by atoms with Gasteiger partial charge in [-0.05, 0) is 51.8 Å². The van der Waals surface area contributed by atoms with Gasteiger partial charge in [-0.3, -0.25) is 19.3 Å². The van der Waals surface area contributed by atoms with E-state index in [0.717, 1.165) is 17.7 Å². The lowest BCUT2D eigenvalue weighted by atomic mass is 9.98. The lowest BCUT2D eigenvalue weighted by Crippen LogP contribution is -2.44. The number of halogens is 1. The summed E-state index contributed by atoms with van der Waals surface area (Å²) in [6.45, 7) is 5.85. The number of carbonyl (C=O) groups excluding carboxylic acids is 4. The Labute approximate surface area is 180 Å². The van der Waals surface area contributed by atoms with E-state index < -0.39 is 17.5 Å². The summed E-state index contributed by atoms with van der Waals surface area (Å²) in [7, 11) is 0. The molecule has 1 saturated heterocycles. The average Bonchev–Trinajstić information content (AvgIpc) is 3.24. The molecule has 0 aromatic heterocycles. The molecule has 1 aromatic rings. The normalized spacial score (nSPS) is 17.6. The van der Waals surface area contributed by atoms with Gasteiger partial charge in [0.2, 0.25) is 5.91 Å². The van der Waals surface area contributed by atoms with E-state index >= 15 is 0 Å². The standard InChI is InChI=1S/C21H27ClN4O4/c1-4-25(13(2)3)18(28)15-11-14(7-8-16(15)22)23-17(27)12-26-19(29)21(24-20(26)30)9-5-6-10-21/h7-8,11,13H,4-6,9-10,12H2,1-3H3,(H,23,27)(H,24,30). The fraction of sp³-hybridized carbons (Fsp3) is 0.524. The zero-order valence-electron chi connectivity index (χ0n) is 17.5.